The van der Waals surface area contributed by atoms with Gasteiger partial charge >= 0.3 is 7.60 Å². The lowest BCUT2D eigenvalue weighted by Gasteiger charge is -2.35. The van der Waals surface area contributed by atoms with Gasteiger partial charge in [-0.25, -0.2) is 0 Å². The molecule has 6 heteroatoms. The molecular weight excluding hydrogens is 219 g/mol. The monoisotopic (exact) mass is 240 g/mol. The Morgan fingerprint density at radius 3 is 1.60 bits per heavy atom. The van der Waals surface area contributed by atoms with Gasteiger partial charge in [0.05, 0.1) is 13.2 Å². The van der Waals surface area contributed by atoms with E-state index in [1.165, 1.54) is 14.2 Å². The standard InChI is InChI=1S/C9H21O5P/c1-6-9(11-4,12-5)15(10,13-7-2)14-8-3/h6-8H2,1-5H3. The van der Waals surface area contributed by atoms with Crippen molar-refractivity contribution in [3.63, 3.8) is 0 Å². The predicted octanol–water partition coefficient (Wildman–Crippen LogP) is 2.61. The lowest BCUT2D eigenvalue weighted by atomic mass is 10.5. The Bertz CT molecular complexity index is 196. The average Bonchev–Trinajstić information content (AvgIpc) is 2.21. The molecule has 0 N–H and O–H groups in total. The first-order chi connectivity index (χ1) is 7.05. The fourth-order valence-electron chi connectivity index (χ4n) is 1.36. The summed E-state index contributed by atoms with van der Waals surface area (Å²) < 4.78 is 33.2. The van der Waals surface area contributed by atoms with E-state index in [0.29, 0.717) is 6.42 Å². The quantitative estimate of drug-likeness (QED) is 0.482. The van der Waals surface area contributed by atoms with Crippen LogP contribution in [-0.4, -0.2) is 33.0 Å². The normalized spacial score (nSPS) is 13.1. The van der Waals surface area contributed by atoms with Crippen molar-refractivity contribution in [2.24, 2.45) is 0 Å². The third kappa shape index (κ3) is 3.02. The van der Waals surface area contributed by atoms with Crippen LogP contribution in [0.1, 0.15) is 27.2 Å². The minimum absolute atomic E-state index is 0.283. The predicted molar refractivity (Wildman–Crippen MR) is 57.9 cm³/mol. The zero-order chi connectivity index (χ0) is 11.9. The average molecular weight is 240 g/mol. The van der Waals surface area contributed by atoms with E-state index in [0.717, 1.165) is 0 Å². The highest BCUT2D eigenvalue weighted by Crippen LogP contribution is 2.62. The molecule has 0 atom stereocenters. The maximum atomic E-state index is 12.4. The topological polar surface area (TPSA) is 54.0 Å². The highest BCUT2D eigenvalue weighted by Gasteiger charge is 2.51. The molecule has 0 fully saturated rings. The summed E-state index contributed by atoms with van der Waals surface area (Å²) >= 11 is 0. The van der Waals surface area contributed by atoms with Crippen molar-refractivity contribution in [3.8, 4) is 0 Å². The molecule has 0 spiro atoms. The van der Waals surface area contributed by atoms with Gasteiger partial charge in [-0.05, 0) is 13.8 Å². The first-order valence-electron chi connectivity index (χ1n) is 5.05. The van der Waals surface area contributed by atoms with Crippen LogP contribution < -0.4 is 0 Å². The number of hydrogen-bond acceptors (Lipinski definition) is 5. The molecule has 0 heterocycles. The van der Waals surface area contributed by atoms with E-state index in [4.69, 9.17) is 18.5 Å². The number of ether oxygens (including phenoxy) is 2. The van der Waals surface area contributed by atoms with Crippen LogP contribution in [0, 0.1) is 0 Å². The van der Waals surface area contributed by atoms with E-state index >= 15 is 0 Å². The first-order valence-corrected chi connectivity index (χ1v) is 6.59. The van der Waals surface area contributed by atoms with E-state index in [-0.39, 0.29) is 13.2 Å². The number of rotatable bonds is 8. The van der Waals surface area contributed by atoms with E-state index in [1.54, 1.807) is 20.8 Å². The second-order valence-electron chi connectivity index (χ2n) is 2.81. The summed E-state index contributed by atoms with van der Waals surface area (Å²) in [7, 11) is -0.548. The SMILES string of the molecule is CCOP(=O)(OCC)C(CC)(OC)OC. The lowest BCUT2D eigenvalue weighted by Crippen LogP contribution is -2.34. The Kier molecular flexibility index (Phi) is 6.64. The summed E-state index contributed by atoms with van der Waals surface area (Å²) in [6, 6.07) is 0. The van der Waals surface area contributed by atoms with E-state index in [2.05, 4.69) is 0 Å². The summed E-state index contributed by atoms with van der Waals surface area (Å²) in [5, 5.41) is 0. The van der Waals surface area contributed by atoms with Crippen LogP contribution in [-0.2, 0) is 23.1 Å². The molecule has 5 nitrogen and oxygen atoms in total. The van der Waals surface area contributed by atoms with Crippen LogP contribution in [0.4, 0.5) is 0 Å². The molecule has 0 saturated heterocycles. The minimum atomic E-state index is -3.40. The molecule has 0 saturated carbocycles. The summed E-state index contributed by atoms with van der Waals surface area (Å²) in [6.45, 7) is 5.87. The van der Waals surface area contributed by atoms with Crippen molar-refractivity contribution in [3.05, 3.63) is 0 Å². The van der Waals surface area contributed by atoms with Gasteiger partial charge in [0.1, 0.15) is 0 Å². The Morgan fingerprint density at radius 1 is 1.00 bits per heavy atom. The van der Waals surface area contributed by atoms with E-state index in [9.17, 15) is 4.57 Å². The smallest absolute Gasteiger partial charge is 0.343 e. The van der Waals surface area contributed by atoms with Crippen molar-refractivity contribution >= 4 is 7.60 Å². The lowest BCUT2D eigenvalue weighted by molar-refractivity contribution is -0.160. The zero-order valence-electron chi connectivity index (χ0n) is 10.1. The van der Waals surface area contributed by atoms with Gasteiger partial charge in [0.25, 0.3) is 5.53 Å². The Hall–Kier alpha value is 0.0700. The van der Waals surface area contributed by atoms with Crippen LogP contribution in [0.5, 0.6) is 0 Å². The minimum Gasteiger partial charge on any atom is -0.343 e. The van der Waals surface area contributed by atoms with Gasteiger partial charge in [-0.3, -0.25) is 4.57 Å². The fraction of sp³-hybridized carbons (Fsp3) is 1.00. The van der Waals surface area contributed by atoms with Gasteiger partial charge in [-0.15, -0.1) is 0 Å². The van der Waals surface area contributed by atoms with Crippen molar-refractivity contribution in [1.29, 1.82) is 0 Å². The van der Waals surface area contributed by atoms with Crippen molar-refractivity contribution in [1.82, 2.24) is 0 Å². The van der Waals surface area contributed by atoms with Crippen molar-refractivity contribution in [2.75, 3.05) is 27.4 Å². The molecule has 15 heavy (non-hydrogen) atoms. The van der Waals surface area contributed by atoms with Gasteiger partial charge in [-0.1, -0.05) is 6.92 Å². The maximum absolute atomic E-state index is 12.4. The van der Waals surface area contributed by atoms with Gasteiger partial charge < -0.3 is 18.5 Å². The molecule has 0 bridgehead atoms. The molecule has 0 aliphatic rings. The van der Waals surface area contributed by atoms with Crippen molar-refractivity contribution in [2.45, 2.75) is 32.7 Å². The number of methoxy groups -OCH3 is 2. The van der Waals surface area contributed by atoms with Crippen LogP contribution in [0.2, 0.25) is 0 Å². The molecule has 0 aliphatic carbocycles. The number of hydrogen-bond donors (Lipinski definition) is 0. The maximum Gasteiger partial charge on any atom is 0.389 e. The molecule has 92 valence electrons. The molecule has 0 radical (unpaired) electrons. The van der Waals surface area contributed by atoms with Crippen LogP contribution in [0.15, 0.2) is 0 Å². The van der Waals surface area contributed by atoms with Crippen LogP contribution in [0.3, 0.4) is 0 Å². The molecule has 0 aromatic rings. The fourth-order valence-corrected chi connectivity index (χ4v) is 3.35. The van der Waals surface area contributed by atoms with Crippen LogP contribution in [0.25, 0.3) is 0 Å². The largest absolute Gasteiger partial charge is 0.389 e. The summed E-state index contributed by atoms with van der Waals surface area (Å²) in [4.78, 5) is 0. The molecule has 0 aliphatic heterocycles. The molecule has 0 unspecified atom stereocenters. The van der Waals surface area contributed by atoms with Crippen molar-refractivity contribution < 1.29 is 23.1 Å². The molecule has 0 rings (SSSR count). The molecule has 0 aromatic heterocycles. The Balaban J connectivity index is 5.07. The van der Waals surface area contributed by atoms with Gasteiger partial charge in [-0.2, -0.15) is 0 Å². The summed E-state index contributed by atoms with van der Waals surface area (Å²) in [5.74, 6) is 0. The molecular formula is C9H21O5P. The highest BCUT2D eigenvalue weighted by molar-refractivity contribution is 7.55. The zero-order valence-corrected chi connectivity index (χ0v) is 11.0. The second-order valence-corrected chi connectivity index (χ2v) is 5.00. The third-order valence-corrected chi connectivity index (χ3v) is 4.81. The van der Waals surface area contributed by atoms with Gasteiger partial charge in [0.15, 0.2) is 0 Å². The second kappa shape index (κ2) is 6.61. The highest BCUT2D eigenvalue weighted by atomic mass is 31.2. The third-order valence-electron chi connectivity index (χ3n) is 2.10. The van der Waals surface area contributed by atoms with E-state index in [1.807, 2.05) is 0 Å². The summed E-state index contributed by atoms with van der Waals surface area (Å²) in [6.07, 6.45) is 0.386. The first kappa shape index (κ1) is 15.1. The van der Waals surface area contributed by atoms with Gasteiger partial charge in [0.2, 0.25) is 0 Å². The van der Waals surface area contributed by atoms with E-state index < -0.39 is 13.1 Å². The Morgan fingerprint density at radius 2 is 1.40 bits per heavy atom. The Labute approximate surface area is 91.6 Å². The summed E-state index contributed by atoms with van der Waals surface area (Å²) in [5.41, 5.74) is -1.31. The van der Waals surface area contributed by atoms with Crippen LogP contribution >= 0.6 is 7.60 Å². The van der Waals surface area contributed by atoms with Gasteiger partial charge in [0, 0.05) is 20.6 Å². The molecule has 0 aromatic carbocycles. The molecule has 0 amide bonds.